The number of piperidine rings is 1. The predicted octanol–water partition coefficient (Wildman–Crippen LogP) is 1.63. The lowest BCUT2D eigenvalue weighted by atomic mass is 9.96. The van der Waals surface area contributed by atoms with Crippen LogP contribution in [0.4, 0.5) is 4.79 Å². The van der Waals surface area contributed by atoms with Gasteiger partial charge in [-0.25, -0.2) is 4.79 Å². The Bertz CT molecular complexity index is 305. The van der Waals surface area contributed by atoms with Gasteiger partial charge in [-0.3, -0.25) is 4.79 Å². The second kappa shape index (κ2) is 6.61. The second-order valence-electron chi connectivity index (χ2n) is 5.30. The predicted molar refractivity (Wildman–Crippen MR) is 69.1 cm³/mol. The zero-order chi connectivity index (χ0) is 13.7. The highest BCUT2D eigenvalue weighted by molar-refractivity contribution is 5.78. The van der Waals surface area contributed by atoms with Crippen LogP contribution in [0, 0.1) is 11.8 Å². The third-order valence-corrected chi connectivity index (χ3v) is 3.06. The Morgan fingerprint density at radius 2 is 2.06 bits per heavy atom. The van der Waals surface area contributed by atoms with Crippen molar-refractivity contribution in [1.29, 1.82) is 0 Å². The van der Waals surface area contributed by atoms with Gasteiger partial charge >= 0.3 is 6.09 Å². The zero-order valence-corrected chi connectivity index (χ0v) is 11.7. The molecule has 2 atom stereocenters. The van der Waals surface area contributed by atoms with Crippen molar-refractivity contribution in [2.75, 3.05) is 19.7 Å². The molecule has 1 heterocycles. The first-order valence-electron chi connectivity index (χ1n) is 6.66. The smallest absolute Gasteiger partial charge is 0.409 e. The molecule has 1 rings (SSSR count). The van der Waals surface area contributed by atoms with Crippen molar-refractivity contribution in [2.24, 2.45) is 11.8 Å². The largest absolute Gasteiger partial charge is 0.450 e. The van der Waals surface area contributed by atoms with Crippen molar-refractivity contribution in [1.82, 2.24) is 10.2 Å². The van der Waals surface area contributed by atoms with Crippen LogP contribution in [-0.2, 0) is 9.53 Å². The Hall–Kier alpha value is -1.26. The summed E-state index contributed by atoms with van der Waals surface area (Å²) in [5.41, 5.74) is 0. The third-order valence-electron chi connectivity index (χ3n) is 3.06. The van der Waals surface area contributed by atoms with E-state index in [0.29, 0.717) is 25.6 Å². The Morgan fingerprint density at radius 3 is 2.61 bits per heavy atom. The molecule has 0 bridgehead atoms. The van der Waals surface area contributed by atoms with Gasteiger partial charge in [0, 0.05) is 25.0 Å². The monoisotopic (exact) mass is 256 g/mol. The summed E-state index contributed by atoms with van der Waals surface area (Å²) in [5, 5.41) is 2.99. The summed E-state index contributed by atoms with van der Waals surface area (Å²) in [6.07, 6.45) is 0.627. The maximum atomic E-state index is 11.7. The summed E-state index contributed by atoms with van der Waals surface area (Å²) in [7, 11) is 0. The molecule has 0 spiro atoms. The van der Waals surface area contributed by atoms with E-state index >= 15 is 0 Å². The van der Waals surface area contributed by atoms with Gasteiger partial charge < -0.3 is 15.0 Å². The molecule has 5 nitrogen and oxygen atoms in total. The molecule has 2 unspecified atom stereocenters. The Balaban J connectivity index is 2.55. The van der Waals surface area contributed by atoms with E-state index in [4.69, 9.17) is 4.74 Å². The minimum Gasteiger partial charge on any atom is -0.450 e. The van der Waals surface area contributed by atoms with Gasteiger partial charge in [0.05, 0.1) is 6.61 Å². The topological polar surface area (TPSA) is 58.6 Å². The number of nitrogens with zero attached hydrogens (tertiary/aromatic N) is 1. The van der Waals surface area contributed by atoms with Gasteiger partial charge in [-0.15, -0.1) is 0 Å². The number of carbonyl (C=O) groups is 2. The van der Waals surface area contributed by atoms with Crippen molar-refractivity contribution < 1.29 is 14.3 Å². The Labute approximate surface area is 109 Å². The van der Waals surface area contributed by atoms with Crippen molar-refractivity contribution >= 4 is 12.0 Å². The number of nitrogens with one attached hydrogen (secondary N) is 1. The van der Waals surface area contributed by atoms with Gasteiger partial charge in [0.1, 0.15) is 0 Å². The first-order chi connectivity index (χ1) is 8.43. The van der Waals surface area contributed by atoms with Gasteiger partial charge in [0.2, 0.25) is 5.91 Å². The minimum absolute atomic E-state index is 0.0294. The maximum absolute atomic E-state index is 11.7. The summed E-state index contributed by atoms with van der Waals surface area (Å²) in [6, 6.07) is 0.0352. The summed E-state index contributed by atoms with van der Waals surface area (Å²) in [6.45, 7) is 9.24. The molecule has 0 aromatic heterocycles. The van der Waals surface area contributed by atoms with E-state index in [-0.39, 0.29) is 24.0 Å². The Morgan fingerprint density at radius 1 is 1.39 bits per heavy atom. The van der Waals surface area contributed by atoms with Crippen LogP contribution in [0.1, 0.15) is 34.1 Å². The van der Waals surface area contributed by atoms with Gasteiger partial charge in [0.25, 0.3) is 0 Å². The average molecular weight is 256 g/mol. The van der Waals surface area contributed by atoms with E-state index in [0.717, 1.165) is 6.42 Å². The standard InChI is InChI=1S/C13H24N2O3/c1-5-18-13(17)15-7-10(4)6-11(8-15)14-12(16)9(2)3/h9-11H,5-8H2,1-4H3,(H,14,16). The van der Waals surface area contributed by atoms with Crippen LogP contribution in [0.2, 0.25) is 0 Å². The summed E-state index contributed by atoms with van der Waals surface area (Å²) in [5.74, 6) is 0.386. The van der Waals surface area contributed by atoms with E-state index in [1.807, 2.05) is 13.8 Å². The van der Waals surface area contributed by atoms with E-state index < -0.39 is 0 Å². The quantitative estimate of drug-likeness (QED) is 0.835. The molecule has 0 aromatic carbocycles. The molecule has 1 saturated heterocycles. The van der Waals surface area contributed by atoms with Crippen molar-refractivity contribution in [3.05, 3.63) is 0 Å². The number of amides is 2. The molecule has 1 aliphatic rings. The number of carbonyl (C=O) groups excluding carboxylic acids is 2. The molecular formula is C13H24N2O3. The molecule has 0 saturated carbocycles. The van der Waals surface area contributed by atoms with Crippen LogP contribution in [0.5, 0.6) is 0 Å². The molecule has 104 valence electrons. The summed E-state index contributed by atoms with van der Waals surface area (Å²) >= 11 is 0. The number of rotatable bonds is 3. The molecule has 18 heavy (non-hydrogen) atoms. The fourth-order valence-corrected chi connectivity index (χ4v) is 2.19. The lowest BCUT2D eigenvalue weighted by Gasteiger charge is -2.36. The molecule has 0 aliphatic carbocycles. The third kappa shape index (κ3) is 4.20. The molecule has 0 aromatic rings. The van der Waals surface area contributed by atoms with Crippen molar-refractivity contribution in [2.45, 2.75) is 40.2 Å². The first-order valence-corrected chi connectivity index (χ1v) is 6.66. The van der Waals surface area contributed by atoms with E-state index in [2.05, 4.69) is 12.2 Å². The SMILES string of the molecule is CCOC(=O)N1CC(C)CC(NC(=O)C(C)C)C1. The first kappa shape index (κ1) is 14.8. The van der Waals surface area contributed by atoms with Crippen LogP contribution in [-0.4, -0.2) is 42.6 Å². The number of ether oxygens (including phenoxy) is 1. The zero-order valence-electron chi connectivity index (χ0n) is 11.7. The Kier molecular flexibility index (Phi) is 5.44. The van der Waals surface area contributed by atoms with Gasteiger partial charge in [-0.1, -0.05) is 20.8 Å². The van der Waals surface area contributed by atoms with Crippen molar-refractivity contribution in [3.63, 3.8) is 0 Å². The molecular weight excluding hydrogens is 232 g/mol. The second-order valence-corrected chi connectivity index (χ2v) is 5.30. The minimum atomic E-state index is -0.284. The highest BCUT2D eigenvalue weighted by Crippen LogP contribution is 2.17. The van der Waals surface area contributed by atoms with E-state index in [1.165, 1.54) is 0 Å². The van der Waals surface area contributed by atoms with E-state index in [9.17, 15) is 9.59 Å². The van der Waals surface area contributed by atoms with Gasteiger partial charge in [0.15, 0.2) is 0 Å². The molecule has 1 N–H and O–H groups in total. The molecule has 1 aliphatic heterocycles. The lowest BCUT2D eigenvalue weighted by Crippen LogP contribution is -2.52. The lowest BCUT2D eigenvalue weighted by molar-refractivity contribution is -0.125. The van der Waals surface area contributed by atoms with Crippen LogP contribution >= 0.6 is 0 Å². The average Bonchev–Trinajstić information content (AvgIpc) is 2.28. The van der Waals surface area contributed by atoms with Crippen LogP contribution < -0.4 is 5.32 Å². The molecule has 0 radical (unpaired) electrons. The maximum Gasteiger partial charge on any atom is 0.409 e. The normalized spacial score (nSPS) is 23.9. The van der Waals surface area contributed by atoms with Gasteiger partial charge in [-0.2, -0.15) is 0 Å². The summed E-state index contributed by atoms with van der Waals surface area (Å²) < 4.78 is 5.00. The fourth-order valence-electron chi connectivity index (χ4n) is 2.19. The van der Waals surface area contributed by atoms with Crippen LogP contribution in [0.3, 0.4) is 0 Å². The highest BCUT2D eigenvalue weighted by atomic mass is 16.6. The number of likely N-dealkylation sites (tertiary alicyclic amines) is 1. The molecule has 1 fully saturated rings. The highest BCUT2D eigenvalue weighted by Gasteiger charge is 2.29. The van der Waals surface area contributed by atoms with Crippen molar-refractivity contribution in [3.8, 4) is 0 Å². The summed E-state index contributed by atoms with van der Waals surface area (Å²) in [4.78, 5) is 25.1. The molecule has 2 amide bonds. The van der Waals surface area contributed by atoms with Crippen LogP contribution in [0.25, 0.3) is 0 Å². The number of hydrogen-bond acceptors (Lipinski definition) is 3. The van der Waals surface area contributed by atoms with E-state index in [1.54, 1.807) is 11.8 Å². The van der Waals surface area contributed by atoms with Gasteiger partial charge in [-0.05, 0) is 19.3 Å². The molecule has 5 heteroatoms. The van der Waals surface area contributed by atoms with Crippen LogP contribution in [0.15, 0.2) is 0 Å². The number of hydrogen-bond donors (Lipinski definition) is 1. The fraction of sp³-hybridized carbons (Fsp3) is 0.846.